The summed E-state index contributed by atoms with van der Waals surface area (Å²) in [5.74, 6) is -0.0786. The summed E-state index contributed by atoms with van der Waals surface area (Å²) in [4.78, 5) is 30.0. The summed E-state index contributed by atoms with van der Waals surface area (Å²) in [6.45, 7) is 3.86. The predicted octanol–water partition coefficient (Wildman–Crippen LogP) is 2.08. The third-order valence-electron chi connectivity index (χ3n) is 4.78. The van der Waals surface area contributed by atoms with Crippen LogP contribution in [-0.2, 0) is 19.6 Å². The summed E-state index contributed by atoms with van der Waals surface area (Å²) in [7, 11) is -2.51. The van der Waals surface area contributed by atoms with Crippen LogP contribution in [0, 0.1) is 13.8 Å². The molecule has 1 aromatic carbocycles. The Bertz CT molecular complexity index is 1030. The molecular weight excluding hydrogens is 392 g/mol. The van der Waals surface area contributed by atoms with Gasteiger partial charge in [0.05, 0.1) is 11.4 Å². The standard InChI is InChI=1S/C20H24N4O4S/c1-14-6-9-18(21-12-14)22-19(25)13-23(3)29(27,28)17-8-7-16(11-15(17)2)24-10-4-5-20(24)26/h6-9,11-12H,4-5,10,13H2,1-3H3,(H,21,22,25). The van der Waals surface area contributed by atoms with Crippen LogP contribution in [0.5, 0.6) is 0 Å². The van der Waals surface area contributed by atoms with Crippen LogP contribution in [0.25, 0.3) is 0 Å². The quantitative estimate of drug-likeness (QED) is 0.777. The van der Waals surface area contributed by atoms with Crippen LogP contribution in [0.4, 0.5) is 11.5 Å². The van der Waals surface area contributed by atoms with Gasteiger partial charge in [-0.25, -0.2) is 13.4 Å². The Morgan fingerprint density at radius 2 is 2.00 bits per heavy atom. The summed E-state index contributed by atoms with van der Waals surface area (Å²) in [5, 5.41) is 2.59. The van der Waals surface area contributed by atoms with E-state index in [0.717, 1.165) is 16.3 Å². The number of hydrogen-bond donors (Lipinski definition) is 1. The Labute approximate surface area is 170 Å². The fraction of sp³-hybridized carbons (Fsp3) is 0.350. The molecule has 0 spiro atoms. The number of hydrogen-bond acceptors (Lipinski definition) is 5. The van der Waals surface area contributed by atoms with Gasteiger partial charge in [0.25, 0.3) is 0 Å². The largest absolute Gasteiger partial charge is 0.312 e. The molecule has 9 heteroatoms. The minimum absolute atomic E-state index is 0.0403. The number of nitrogens with zero attached hydrogens (tertiary/aromatic N) is 3. The molecule has 0 radical (unpaired) electrons. The summed E-state index contributed by atoms with van der Waals surface area (Å²) in [5.41, 5.74) is 2.17. The van der Waals surface area contributed by atoms with Crippen molar-refractivity contribution in [3.63, 3.8) is 0 Å². The molecule has 3 rings (SSSR count). The van der Waals surface area contributed by atoms with Gasteiger partial charge < -0.3 is 10.2 Å². The third-order valence-corrected chi connectivity index (χ3v) is 6.74. The molecule has 1 fully saturated rings. The molecule has 1 aliphatic heterocycles. The number of sulfonamides is 1. The molecule has 0 bridgehead atoms. The molecule has 2 aromatic rings. The zero-order chi connectivity index (χ0) is 21.2. The number of anilines is 2. The minimum atomic E-state index is -3.87. The number of aromatic nitrogens is 1. The Morgan fingerprint density at radius 1 is 1.24 bits per heavy atom. The van der Waals surface area contributed by atoms with E-state index in [2.05, 4.69) is 10.3 Å². The van der Waals surface area contributed by atoms with Crippen LogP contribution in [0.2, 0.25) is 0 Å². The van der Waals surface area contributed by atoms with Crippen molar-refractivity contribution in [3.8, 4) is 0 Å². The van der Waals surface area contributed by atoms with Crippen molar-refractivity contribution in [2.75, 3.05) is 30.4 Å². The summed E-state index contributed by atoms with van der Waals surface area (Å²) in [6, 6.07) is 8.28. The maximum absolute atomic E-state index is 12.9. The van der Waals surface area contributed by atoms with Crippen molar-refractivity contribution in [1.29, 1.82) is 0 Å². The second-order valence-corrected chi connectivity index (χ2v) is 9.14. The number of nitrogens with one attached hydrogen (secondary N) is 1. The second kappa shape index (κ2) is 8.30. The Hall–Kier alpha value is -2.78. The number of aryl methyl sites for hydroxylation is 2. The zero-order valence-electron chi connectivity index (χ0n) is 16.7. The van der Waals surface area contributed by atoms with Gasteiger partial charge in [-0.2, -0.15) is 4.31 Å². The predicted molar refractivity (Wildman–Crippen MR) is 110 cm³/mol. The highest BCUT2D eigenvalue weighted by Gasteiger charge is 2.27. The first-order valence-corrected chi connectivity index (χ1v) is 10.7. The maximum atomic E-state index is 12.9. The zero-order valence-corrected chi connectivity index (χ0v) is 17.5. The lowest BCUT2D eigenvalue weighted by atomic mass is 10.2. The van der Waals surface area contributed by atoms with E-state index in [1.165, 1.54) is 13.1 Å². The average Bonchev–Trinajstić information content (AvgIpc) is 3.09. The fourth-order valence-electron chi connectivity index (χ4n) is 3.19. The van der Waals surface area contributed by atoms with Crippen molar-refractivity contribution in [2.24, 2.45) is 0 Å². The molecule has 2 amide bonds. The fourth-order valence-corrected chi connectivity index (χ4v) is 4.52. The first-order valence-electron chi connectivity index (χ1n) is 9.28. The molecule has 0 unspecified atom stereocenters. The smallest absolute Gasteiger partial charge is 0.243 e. The van der Waals surface area contributed by atoms with Crippen molar-refractivity contribution >= 4 is 33.3 Å². The second-order valence-electron chi connectivity index (χ2n) is 7.13. The highest BCUT2D eigenvalue weighted by molar-refractivity contribution is 7.89. The summed E-state index contributed by atoms with van der Waals surface area (Å²) < 4.78 is 26.9. The number of likely N-dealkylation sites (N-methyl/N-ethyl adjacent to an activating group) is 1. The molecule has 0 aliphatic carbocycles. The van der Waals surface area contributed by atoms with Crippen molar-refractivity contribution in [1.82, 2.24) is 9.29 Å². The number of benzene rings is 1. The summed E-state index contributed by atoms with van der Waals surface area (Å²) in [6.07, 6.45) is 2.92. The van der Waals surface area contributed by atoms with E-state index in [-0.39, 0.29) is 17.3 Å². The van der Waals surface area contributed by atoms with Gasteiger partial charge in [0.15, 0.2) is 0 Å². The van der Waals surface area contributed by atoms with Gasteiger partial charge >= 0.3 is 0 Å². The first-order chi connectivity index (χ1) is 13.7. The molecular formula is C20H24N4O4S. The monoisotopic (exact) mass is 416 g/mol. The van der Waals surface area contributed by atoms with E-state index < -0.39 is 15.9 Å². The lowest BCUT2D eigenvalue weighted by molar-refractivity contribution is -0.117. The van der Waals surface area contributed by atoms with Gasteiger partial charge in [-0.1, -0.05) is 6.07 Å². The molecule has 8 nitrogen and oxygen atoms in total. The van der Waals surface area contributed by atoms with Gasteiger partial charge in [-0.05, 0) is 55.7 Å². The Balaban J connectivity index is 1.72. The van der Waals surface area contributed by atoms with Crippen LogP contribution in [0.15, 0.2) is 41.4 Å². The number of amides is 2. The van der Waals surface area contributed by atoms with Gasteiger partial charge in [-0.3, -0.25) is 9.59 Å². The Kier molecular flexibility index (Phi) is 5.99. The van der Waals surface area contributed by atoms with Gasteiger partial charge in [0, 0.05) is 31.9 Å². The van der Waals surface area contributed by atoms with Crippen LogP contribution >= 0.6 is 0 Å². The van der Waals surface area contributed by atoms with Crippen molar-refractivity contribution < 1.29 is 18.0 Å². The normalized spacial score (nSPS) is 14.5. The van der Waals surface area contributed by atoms with E-state index in [1.807, 2.05) is 6.92 Å². The van der Waals surface area contributed by atoms with E-state index in [4.69, 9.17) is 0 Å². The van der Waals surface area contributed by atoms with Gasteiger partial charge in [-0.15, -0.1) is 0 Å². The van der Waals surface area contributed by atoms with Crippen LogP contribution < -0.4 is 10.2 Å². The summed E-state index contributed by atoms with van der Waals surface area (Å²) >= 11 is 0. The van der Waals surface area contributed by atoms with Crippen LogP contribution in [-0.4, -0.2) is 49.7 Å². The lowest BCUT2D eigenvalue weighted by Crippen LogP contribution is -2.35. The molecule has 1 aromatic heterocycles. The molecule has 1 aliphatic rings. The molecule has 154 valence electrons. The highest BCUT2D eigenvalue weighted by atomic mass is 32.2. The van der Waals surface area contributed by atoms with Crippen LogP contribution in [0.3, 0.4) is 0 Å². The molecule has 1 saturated heterocycles. The number of pyridine rings is 1. The average molecular weight is 417 g/mol. The van der Waals surface area contributed by atoms with E-state index in [0.29, 0.717) is 30.0 Å². The number of rotatable bonds is 6. The maximum Gasteiger partial charge on any atom is 0.243 e. The molecule has 0 atom stereocenters. The van der Waals surface area contributed by atoms with E-state index in [1.54, 1.807) is 42.3 Å². The third kappa shape index (κ3) is 4.63. The first kappa shape index (κ1) is 20.9. The molecule has 0 saturated carbocycles. The van der Waals surface area contributed by atoms with E-state index in [9.17, 15) is 18.0 Å². The highest BCUT2D eigenvalue weighted by Crippen LogP contribution is 2.27. The number of carbonyl (C=O) groups excluding carboxylic acids is 2. The molecule has 29 heavy (non-hydrogen) atoms. The lowest BCUT2D eigenvalue weighted by Gasteiger charge is -2.20. The van der Waals surface area contributed by atoms with Crippen molar-refractivity contribution in [2.45, 2.75) is 31.6 Å². The minimum Gasteiger partial charge on any atom is -0.312 e. The number of carbonyl (C=O) groups is 2. The molecule has 1 N–H and O–H groups in total. The van der Waals surface area contributed by atoms with Gasteiger partial charge in [0.1, 0.15) is 5.82 Å². The topological polar surface area (TPSA) is 99.7 Å². The molecule has 2 heterocycles. The van der Waals surface area contributed by atoms with Crippen molar-refractivity contribution in [3.05, 3.63) is 47.7 Å². The SMILES string of the molecule is Cc1ccc(NC(=O)CN(C)S(=O)(=O)c2ccc(N3CCCC3=O)cc2C)nc1. The van der Waals surface area contributed by atoms with Gasteiger partial charge in [0.2, 0.25) is 21.8 Å². The van der Waals surface area contributed by atoms with E-state index >= 15 is 0 Å². The van der Waals surface area contributed by atoms with Crippen LogP contribution in [0.1, 0.15) is 24.0 Å². The Morgan fingerprint density at radius 3 is 2.59 bits per heavy atom.